The normalized spacial score (nSPS) is 13.1. The quantitative estimate of drug-likeness (QED) is 0.901. The van der Waals surface area contributed by atoms with Crippen LogP contribution in [0.4, 0.5) is 13.2 Å². The van der Waals surface area contributed by atoms with Crippen molar-refractivity contribution in [3.63, 3.8) is 0 Å². The Morgan fingerprint density at radius 2 is 1.81 bits per heavy atom. The van der Waals surface area contributed by atoms with Gasteiger partial charge >= 0.3 is 6.18 Å². The topological polar surface area (TPSA) is 24.9 Å². The number of halogens is 3. The van der Waals surface area contributed by atoms with Crippen LogP contribution in [0, 0.1) is 0 Å². The number of nitrogens with zero attached hydrogens (tertiary/aromatic N) is 1. The van der Waals surface area contributed by atoms with Gasteiger partial charge in [-0.1, -0.05) is 37.3 Å². The summed E-state index contributed by atoms with van der Waals surface area (Å²) < 4.78 is 39.1. The van der Waals surface area contributed by atoms with Crippen LogP contribution in [-0.2, 0) is 12.6 Å². The zero-order valence-electron chi connectivity index (χ0n) is 11.7. The van der Waals surface area contributed by atoms with Crippen LogP contribution in [0.25, 0.3) is 0 Å². The largest absolute Gasteiger partial charge is 0.418 e. The van der Waals surface area contributed by atoms with Crippen molar-refractivity contribution in [2.24, 2.45) is 0 Å². The molecule has 0 fully saturated rings. The van der Waals surface area contributed by atoms with Gasteiger partial charge in [0.05, 0.1) is 11.3 Å². The van der Waals surface area contributed by atoms with E-state index in [0.29, 0.717) is 6.54 Å². The first-order valence-electron chi connectivity index (χ1n) is 6.81. The van der Waals surface area contributed by atoms with E-state index in [4.69, 9.17) is 0 Å². The number of nitrogens with one attached hydrogen (secondary N) is 1. The van der Waals surface area contributed by atoms with Crippen LogP contribution in [0.3, 0.4) is 0 Å². The number of alkyl halides is 3. The van der Waals surface area contributed by atoms with Crippen molar-refractivity contribution in [1.82, 2.24) is 10.3 Å². The van der Waals surface area contributed by atoms with Gasteiger partial charge in [0.25, 0.3) is 0 Å². The van der Waals surface area contributed by atoms with E-state index in [1.807, 2.05) is 37.3 Å². The molecule has 1 unspecified atom stereocenters. The lowest BCUT2D eigenvalue weighted by atomic mass is 9.99. The van der Waals surface area contributed by atoms with Gasteiger partial charge in [0.1, 0.15) is 0 Å². The maximum absolute atomic E-state index is 13.0. The van der Waals surface area contributed by atoms with Gasteiger partial charge in [0, 0.05) is 18.7 Å². The third-order valence-electron chi connectivity index (χ3n) is 3.25. The average molecular weight is 294 g/mol. The van der Waals surface area contributed by atoms with E-state index in [1.165, 1.54) is 12.3 Å². The number of pyridine rings is 1. The number of hydrogen-bond donors (Lipinski definition) is 1. The summed E-state index contributed by atoms with van der Waals surface area (Å²) in [6.45, 7) is 2.60. The molecule has 21 heavy (non-hydrogen) atoms. The van der Waals surface area contributed by atoms with Crippen molar-refractivity contribution < 1.29 is 13.2 Å². The predicted molar refractivity (Wildman–Crippen MR) is 75.8 cm³/mol. The molecule has 2 aromatic rings. The van der Waals surface area contributed by atoms with Crippen molar-refractivity contribution in [3.8, 4) is 0 Å². The molecule has 1 heterocycles. The highest BCUT2D eigenvalue weighted by Crippen LogP contribution is 2.32. The highest BCUT2D eigenvalue weighted by atomic mass is 19.4. The van der Waals surface area contributed by atoms with Crippen molar-refractivity contribution >= 4 is 0 Å². The standard InChI is InChI=1S/C16H17F3N2/c1-2-20-14(12-7-4-3-5-8-12)11-15-13(16(17,18)19)9-6-10-21-15/h3-10,14,20H,2,11H2,1H3. The van der Waals surface area contributed by atoms with Crippen molar-refractivity contribution in [3.05, 3.63) is 65.5 Å². The number of benzene rings is 1. The summed E-state index contributed by atoms with van der Waals surface area (Å²) in [7, 11) is 0. The van der Waals surface area contributed by atoms with Crippen molar-refractivity contribution in [1.29, 1.82) is 0 Å². The van der Waals surface area contributed by atoms with Gasteiger partial charge in [-0.05, 0) is 24.2 Å². The molecule has 0 radical (unpaired) electrons. The Morgan fingerprint density at radius 1 is 1.10 bits per heavy atom. The number of likely N-dealkylation sites (N-methyl/N-ethyl adjacent to an activating group) is 1. The Bertz CT molecular complexity index is 567. The molecule has 0 saturated heterocycles. The number of rotatable bonds is 5. The van der Waals surface area contributed by atoms with E-state index in [1.54, 1.807) is 0 Å². The lowest BCUT2D eigenvalue weighted by Crippen LogP contribution is -2.24. The van der Waals surface area contributed by atoms with E-state index in [-0.39, 0.29) is 18.2 Å². The maximum atomic E-state index is 13.0. The van der Waals surface area contributed by atoms with Crippen LogP contribution >= 0.6 is 0 Å². The molecule has 0 bridgehead atoms. The highest BCUT2D eigenvalue weighted by Gasteiger charge is 2.34. The fourth-order valence-corrected chi connectivity index (χ4v) is 2.29. The predicted octanol–water partition coefficient (Wildman–Crippen LogP) is 3.99. The van der Waals surface area contributed by atoms with Crippen LogP contribution in [0.15, 0.2) is 48.7 Å². The van der Waals surface area contributed by atoms with Crippen LogP contribution in [-0.4, -0.2) is 11.5 Å². The number of hydrogen-bond acceptors (Lipinski definition) is 2. The van der Waals surface area contributed by atoms with Gasteiger partial charge in [-0.3, -0.25) is 4.98 Å². The molecule has 1 N–H and O–H groups in total. The Balaban J connectivity index is 2.30. The summed E-state index contributed by atoms with van der Waals surface area (Å²) in [6.07, 6.45) is -2.77. The van der Waals surface area contributed by atoms with Gasteiger partial charge in [0.2, 0.25) is 0 Å². The molecule has 2 rings (SSSR count). The lowest BCUT2D eigenvalue weighted by Gasteiger charge is -2.20. The molecule has 1 atom stereocenters. The van der Waals surface area contributed by atoms with Gasteiger partial charge in [-0.15, -0.1) is 0 Å². The van der Waals surface area contributed by atoms with Gasteiger partial charge in [-0.2, -0.15) is 13.2 Å². The third kappa shape index (κ3) is 4.04. The second-order valence-electron chi connectivity index (χ2n) is 4.72. The summed E-state index contributed by atoms with van der Waals surface area (Å²) in [4.78, 5) is 3.93. The second kappa shape index (κ2) is 6.72. The summed E-state index contributed by atoms with van der Waals surface area (Å²) in [5.74, 6) is 0. The Hall–Kier alpha value is -1.88. The minimum atomic E-state index is -4.38. The first kappa shape index (κ1) is 15.5. The Kier molecular flexibility index (Phi) is 4.96. The third-order valence-corrected chi connectivity index (χ3v) is 3.25. The molecule has 0 spiro atoms. The average Bonchev–Trinajstić information content (AvgIpc) is 2.47. The van der Waals surface area contributed by atoms with Gasteiger partial charge in [0.15, 0.2) is 0 Å². The molecule has 0 saturated carbocycles. The lowest BCUT2D eigenvalue weighted by molar-refractivity contribution is -0.138. The van der Waals surface area contributed by atoms with E-state index in [9.17, 15) is 13.2 Å². The van der Waals surface area contributed by atoms with Crippen LogP contribution in [0.2, 0.25) is 0 Å². The smallest absolute Gasteiger partial charge is 0.310 e. The maximum Gasteiger partial charge on any atom is 0.418 e. The zero-order chi connectivity index (χ0) is 15.3. The summed E-state index contributed by atoms with van der Waals surface area (Å²) >= 11 is 0. The van der Waals surface area contributed by atoms with E-state index in [2.05, 4.69) is 10.3 Å². The van der Waals surface area contributed by atoms with Gasteiger partial charge < -0.3 is 5.32 Å². The zero-order valence-corrected chi connectivity index (χ0v) is 11.7. The van der Waals surface area contributed by atoms with Crippen LogP contribution < -0.4 is 5.32 Å². The monoisotopic (exact) mass is 294 g/mol. The minimum absolute atomic E-state index is 0.0693. The first-order valence-corrected chi connectivity index (χ1v) is 6.81. The van der Waals surface area contributed by atoms with Gasteiger partial charge in [-0.25, -0.2) is 0 Å². The van der Waals surface area contributed by atoms with Crippen LogP contribution in [0.5, 0.6) is 0 Å². The number of aromatic nitrogens is 1. The molecular weight excluding hydrogens is 277 g/mol. The second-order valence-corrected chi connectivity index (χ2v) is 4.72. The fraction of sp³-hybridized carbons (Fsp3) is 0.312. The highest BCUT2D eigenvalue weighted by molar-refractivity contribution is 5.27. The van der Waals surface area contributed by atoms with Crippen molar-refractivity contribution in [2.75, 3.05) is 6.54 Å². The minimum Gasteiger partial charge on any atom is -0.310 e. The van der Waals surface area contributed by atoms with E-state index < -0.39 is 11.7 Å². The fourth-order valence-electron chi connectivity index (χ4n) is 2.29. The molecule has 2 nitrogen and oxygen atoms in total. The molecule has 0 amide bonds. The SMILES string of the molecule is CCNC(Cc1ncccc1C(F)(F)F)c1ccccc1. The summed E-state index contributed by atoms with van der Waals surface area (Å²) in [5, 5.41) is 3.22. The Morgan fingerprint density at radius 3 is 2.43 bits per heavy atom. The molecule has 1 aromatic carbocycles. The summed E-state index contributed by atoms with van der Waals surface area (Å²) in [6, 6.07) is 11.7. The molecule has 5 heteroatoms. The molecule has 0 aliphatic heterocycles. The molecule has 0 aliphatic carbocycles. The summed E-state index contributed by atoms with van der Waals surface area (Å²) in [5.41, 5.74) is 0.363. The van der Waals surface area contributed by atoms with Crippen molar-refractivity contribution in [2.45, 2.75) is 25.6 Å². The molecule has 0 aliphatic rings. The molecule has 1 aromatic heterocycles. The van der Waals surface area contributed by atoms with E-state index >= 15 is 0 Å². The first-order chi connectivity index (χ1) is 10.0. The Labute approximate surface area is 122 Å². The van der Waals surface area contributed by atoms with Crippen LogP contribution in [0.1, 0.15) is 29.8 Å². The molecule has 112 valence electrons. The van der Waals surface area contributed by atoms with E-state index in [0.717, 1.165) is 11.6 Å². The molecular formula is C16H17F3N2.